The zero-order chi connectivity index (χ0) is 17.6. The van der Waals surface area contributed by atoms with Gasteiger partial charge in [0.05, 0.1) is 0 Å². The van der Waals surface area contributed by atoms with E-state index in [-0.39, 0.29) is 24.9 Å². The van der Waals surface area contributed by atoms with Crippen molar-refractivity contribution in [1.29, 1.82) is 0 Å². The smallest absolute Gasteiger partial charge is 0.108 e. The van der Waals surface area contributed by atoms with Crippen LogP contribution in [0.2, 0.25) is 0 Å². The molecule has 0 saturated carbocycles. The fourth-order valence-electron chi connectivity index (χ4n) is 2.71. The molecule has 1 rings (SSSR count). The Morgan fingerprint density at radius 2 is 0.667 bits per heavy atom. The van der Waals surface area contributed by atoms with Crippen LogP contribution in [0.4, 0.5) is 0 Å². The van der Waals surface area contributed by atoms with Crippen molar-refractivity contribution in [3.8, 4) is 0 Å². The van der Waals surface area contributed by atoms with E-state index >= 15 is 0 Å². The first-order valence-corrected chi connectivity index (χ1v) is 8.78. The van der Waals surface area contributed by atoms with Gasteiger partial charge in [0.1, 0.15) is 24.9 Å². The second kappa shape index (κ2) is 13.9. The molecule has 1 fully saturated rings. The van der Waals surface area contributed by atoms with Crippen LogP contribution in [0.5, 0.6) is 0 Å². The van der Waals surface area contributed by atoms with Crippen molar-refractivity contribution in [2.75, 3.05) is 54.6 Å². The molecule has 144 valence electrons. The van der Waals surface area contributed by atoms with Crippen LogP contribution in [0, 0.1) is 0 Å². The molecule has 1 heterocycles. The standard InChI is InChI=1S/C16H36N4O4/c1-21-13-5-9-18-15(23-3)7-11-20-16(24-4)8-12-19-14(22-2)6-10-17-13/h13-20H,5-12H2,1-4H3. The number of hydrogen-bond donors (Lipinski definition) is 4. The lowest BCUT2D eigenvalue weighted by Crippen LogP contribution is -2.43. The average molecular weight is 348 g/mol. The van der Waals surface area contributed by atoms with Crippen LogP contribution in [-0.4, -0.2) is 79.5 Å². The van der Waals surface area contributed by atoms with Crippen LogP contribution in [0.1, 0.15) is 25.7 Å². The summed E-state index contributed by atoms with van der Waals surface area (Å²) >= 11 is 0. The second-order valence-corrected chi connectivity index (χ2v) is 5.87. The Labute approximate surface area is 146 Å². The highest BCUT2D eigenvalue weighted by molar-refractivity contribution is 4.67. The van der Waals surface area contributed by atoms with Gasteiger partial charge in [-0.1, -0.05) is 0 Å². The molecule has 24 heavy (non-hydrogen) atoms. The van der Waals surface area contributed by atoms with E-state index in [9.17, 15) is 0 Å². The number of nitrogens with one attached hydrogen (secondary N) is 4. The van der Waals surface area contributed by atoms with Gasteiger partial charge in [0, 0.05) is 54.6 Å². The number of rotatable bonds is 4. The van der Waals surface area contributed by atoms with Gasteiger partial charge < -0.3 is 18.9 Å². The van der Waals surface area contributed by atoms with Gasteiger partial charge in [0.2, 0.25) is 0 Å². The largest absolute Gasteiger partial charge is 0.367 e. The highest BCUT2D eigenvalue weighted by Gasteiger charge is 2.14. The minimum atomic E-state index is 0.0245. The van der Waals surface area contributed by atoms with Crippen molar-refractivity contribution in [2.45, 2.75) is 50.6 Å². The van der Waals surface area contributed by atoms with Gasteiger partial charge in [0.25, 0.3) is 0 Å². The predicted octanol–water partition coefficient (Wildman–Crippen LogP) is -0.191. The summed E-state index contributed by atoms with van der Waals surface area (Å²) in [5, 5.41) is 13.6. The predicted molar refractivity (Wildman–Crippen MR) is 93.7 cm³/mol. The monoisotopic (exact) mass is 348 g/mol. The molecule has 1 aliphatic heterocycles. The van der Waals surface area contributed by atoms with Crippen molar-refractivity contribution >= 4 is 0 Å². The molecule has 0 aromatic heterocycles. The van der Waals surface area contributed by atoms with E-state index < -0.39 is 0 Å². The van der Waals surface area contributed by atoms with Gasteiger partial charge in [-0.05, 0) is 25.7 Å². The third-order valence-corrected chi connectivity index (χ3v) is 4.25. The number of hydrogen-bond acceptors (Lipinski definition) is 8. The van der Waals surface area contributed by atoms with Crippen molar-refractivity contribution in [3.63, 3.8) is 0 Å². The fourth-order valence-corrected chi connectivity index (χ4v) is 2.71. The van der Waals surface area contributed by atoms with Crippen LogP contribution < -0.4 is 21.3 Å². The zero-order valence-corrected chi connectivity index (χ0v) is 15.6. The molecule has 8 heteroatoms. The molecule has 0 bridgehead atoms. The SMILES string of the molecule is COC1CCNC(OC)CCNC(OC)CCNC(OC)CCN1. The topological polar surface area (TPSA) is 85.0 Å². The quantitative estimate of drug-likeness (QED) is 0.556. The van der Waals surface area contributed by atoms with Crippen LogP contribution in [0.25, 0.3) is 0 Å². The molecular formula is C16H36N4O4. The summed E-state index contributed by atoms with van der Waals surface area (Å²) in [6, 6.07) is 0. The van der Waals surface area contributed by atoms with E-state index in [0.29, 0.717) is 0 Å². The van der Waals surface area contributed by atoms with Gasteiger partial charge in [-0.2, -0.15) is 0 Å². The summed E-state index contributed by atoms with van der Waals surface area (Å²) in [5.41, 5.74) is 0. The van der Waals surface area contributed by atoms with Gasteiger partial charge in [-0.3, -0.25) is 21.3 Å². The molecule has 8 nitrogen and oxygen atoms in total. The van der Waals surface area contributed by atoms with E-state index in [1.165, 1.54) is 0 Å². The maximum atomic E-state index is 5.48. The van der Waals surface area contributed by atoms with E-state index in [4.69, 9.17) is 18.9 Å². The van der Waals surface area contributed by atoms with E-state index in [1.807, 2.05) is 0 Å². The molecule has 1 saturated heterocycles. The van der Waals surface area contributed by atoms with Crippen LogP contribution >= 0.6 is 0 Å². The summed E-state index contributed by atoms with van der Waals surface area (Å²) in [4.78, 5) is 0. The molecule has 1 aliphatic rings. The number of methoxy groups -OCH3 is 4. The minimum Gasteiger partial charge on any atom is -0.367 e. The van der Waals surface area contributed by atoms with Gasteiger partial charge >= 0.3 is 0 Å². The molecule has 0 amide bonds. The minimum absolute atomic E-state index is 0.0245. The maximum absolute atomic E-state index is 5.48. The summed E-state index contributed by atoms with van der Waals surface area (Å²) in [6.45, 7) is 3.29. The summed E-state index contributed by atoms with van der Waals surface area (Å²) in [7, 11) is 6.91. The molecule has 0 aromatic rings. The van der Waals surface area contributed by atoms with Crippen LogP contribution in [0.15, 0.2) is 0 Å². The van der Waals surface area contributed by atoms with Gasteiger partial charge in [-0.25, -0.2) is 0 Å². The van der Waals surface area contributed by atoms with E-state index in [2.05, 4.69) is 21.3 Å². The second-order valence-electron chi connectivity index (χ2n) is 5.87. The van der Waals surface area contributed by atoms with Crippen LogP contribution in [0.3, 0.4) is 0 Å². The lowest BCUT2D eigenvalue weighted by molar-refractivity contribution is 0.0237. The highest BCUT2D eigenvalue weighted by atomic mass is 16.5. The normalized spacial score (nSPS) is 32.5. The molecule has 4 unspecified atom stereocenters. The molecular weight excluding hydrogens is 312 g/mol. The molecule has 0 aliphatic carbocycles. The summed E-state index contributed by atoms with van der Waals surface area (Å²) in [5.74, 6) is 0. The Morgan fingerprint density at radius 1 is 0.458 bits per heavy atom. The Morgan fingerprint density at radius 3 is 0.833 bits per heavy atom. The lowest BCUT2D eigenvalue weighted by atomic mass is 10.2. The third kappa shape index (κ3) is 9.24. The fraction of sp³-hybridized carbons (Fsp3) is 1.00. The van der Waals surface area contributed by atoms with Crippen molar-refractivity contribution in [3.05, 3.63) is 0 Å². The third-order valence-electron chi connectivity index (χ3n) is 4.25. The zero-order valence-electron chi connectivity index (χ0n) is 15.6. The average Bonchev–Trinajstić information content (AvgIpc) is 2.61. The Bertz CT molecular complexity index is 227. The van der Waals surface area contributed by atoms with Gasteiger partial charge in [-0.15, -0.1) is 0 Å². The maximum Gasteiger partial charge on any atom is 0.108 e. The molecule has 0 radical (unpaired) electrons. The number of ether oxygens (including phenoxy) is 4. The molecule has 4 atom stereocenters. The van der Waals surface area contributed by atoms with E-state index in [0.717, 1.165) is 51.9 Å². The first kappa shape index (κ1) is 21.7. The van der Waals surface area contributed by atoms with Crippen LogP contribution in [-0.2, 0) is 18.9 Å². The van der Waals surface area contributed by atoms with E-state index in [1.54, 1.807) is 28.4 Å². The summed E-state index contributed by atoms with van der Waals surface area (Å²) in [6.07, 6.45) is 3.58. The summed E-state index contributed by atoms with van der Waals surface area (Å²) < 4.78 is 21.9. The molecule has 0 spiro atoms. The van der Waals surface area contributed by atoms with Crippen molar-refractivity contribution in [2.24, 2.45) is 0 Å². The Kier molecular flexibility index (Phi) is 12.6. The first-order valence-electron chi connectivity index (χ1n) is 8.78. The Hall–Kier alpha value is -0.320. The highest BCUT2D eigenvalue weighted by Crippen LogP contribution is 2.01. The first-order chi connectivity index (χ1) is 11.7. The molecule has 4 N–H and O–H groups in total. The molecule has 0 aromatic carbocycles. The van der Waals surface area contributed by atoms with Crippen molar-refractivity contribution < 1.29 is 18.9 Å². The Balaban J connectivity index is 2.53. The lowest BCUT2D eigenvalue weighted by Gasteiger charge is -2.25. The van der Waals surface area contributed by atoms with Gasteiger partial charge in [0.15, 0.2) is 0 Å². The van der Waals surface area contributed by atoms with Crippen molar-refractivity contribution in [1.82, 2.24) is 21.3 Å².